The molecular formula is C10H12BrN3O. The van der Waals surface area contributed by atoms with E-state index < -0.39 is 0 Å². The van der Waals surface area contributed by atoms with E-state index in [1.54, 1.807) is 6.20 Å². The van der Waals surface area contributed by atoms with Crippen LogP contribution in [0, 0.1) is 6.92 Å². The fourth-order valence-electron chi connectivity index (χ4n) is 1.46. The summed E-state index contributed by atoms with van der Waals surface area (Å²) in [4.78, 5) is 0. The molecule has 0 radical (unpaired) electrons. The number of hydrogen-bond donors (Lipinski definition) is 1. The van der Waals surface area contributed by atoms with Crippen LogP contribution in [0.4, 0.5) is 0 Å². The monoisotopic (exact) mass is 269 g/mol. The lowest BCUT2D eigenvalue weighted by atomic mass is 10.2. The van der Waals surface area contributed by atoms with Gasteiger partial charge in [0.25, 0.3) is 0 Å². The van der Waals surface area contributed by atoms with Crippen LogP contribution >= 0.6 is 15.9 Å². The Morgan fingerprint density at radius 3 is 2.93 bits per heavy atom. The predicted octanol–water partition coefficient (Wildman–Crippen LogP) is 2.05. The first-order valence-corrected chi connectivity index (χ1v) is 5.44. The minimum Gasteiger partial charge on any atom is -0.462 e. The van der Waals surface area contributed by atoms with Crippen molar-refractivity contribution in [3.8, 4) is 0 Å². The summed E-state index contributed by atoms with van der Waals surface area (Å²) >= 11 is 3.34. The number of aryl methyl sites for hydroxylation is 1. The number of halogens is 1. The highest BCUT2D eigenvalue weighted by atomic mass is 79.9. The first-order chi connectivity index (χ1) is 7.19. The third-order valence-corrected chi connectivity index (χ3v) is 2.59. The Morgan fingerprint density at radius 1 is 1.60 bits per heavy atom. The lowest BCUT2D eigenvalue weighted by molar-refractivity contribution is 0.444. The summed E-state index contributed by atoms with van der Waals surface area (Å²) in [6, 6.07) is 2.00. The maximum absolute atomic E-state index is 5.58. The second kappa shape index (κ2) is 4.20. The molecule has 0 aliphatic rings. The second-order valence-electron chi connectivity index (χ2n) is 3.38. The van der Waals surface area contributed by atoms with Crippen molar-refractivity contribution in [2.24, 2.45) is 5.73 Å². The third kappa shape index (κ3) is 2.30. The highest BCUT2D eigenvalue weighted by Gasteiger charge is 2.06. The molecule has 0 bridgehead atoms. The molecule has 0 saturated heterocycles. The van der Waals surface area contributed by atoms with E-state index in [1.807, 2.05) is 23.9 Å². The van der Waals surface area contributed by atoms with Crippen LogP contribution in [0.3, 0.4) is 0 Å². The average molecular weight is 270 g/mol. The number of rotatable bonds is 3. The van der Waals surface area contributed by atoms with E-state index in [2.05, 4.69) is 21.0 Å². The lowest BCUT2D eigenvalue weighted by Gasteiger charge is -1.96. The van der Waals surface area contributed by atoms with Crippen LogP contribution in [-0.4, -0.2) is 9.78 Å². The van der Waals surface area contributed by atoms with Crippen LogP contribution in [0.2, 0.25) is 0 Å². The van der Waals surface area contributed by atoms with Crippen molar-refractivity contribution < 1.29 is 4.42 Å². The maximum Gasteiger partial charge on any atom is 0.126 e. The normalized spacial score (nSPS) is 10.9. The molecule has 2 aromatic heterocycles. The van der Waals surface area contributed by atoms with Crippen LogP contribution in [-0.2, 0) is 13.1 Å². The Morgan fingerprint density at radius 2 is 2.40 bits per heavy atom. The van der Waals surface area contributed by atoms with Crippen LogP contribution in [0.1, 0.15) is 17.1 Å². The van der Waals surface area contributed by atoms with Gasteiger partial charge in [-0.25, -0.2) is 0 Å². The van der Waals surface area contributed by atoms with Crippen molar-refractivity contribution >= 4 is 15.9 Å². The van der Waals surface area contributed by atoms with Gasteiger partial charge in [-0.3, -0.25) is 4.68 Å². The molecule has 0 unspecified atom stereocenters. The van der Waals surface area contributed by atoms with Crippen molar-refractivity contribution in [2.75, 3.05) is 0 Å². The summed E-state index contributed by atoms with van der Waals surface area (Å²) < 4.78 is 8.35. The summed E-state index contributed by atoms with van der Waals surface area (Å²) in [5.41, 5.74) is 6.63. The minimum absolute atomic E-state index is 0.439. The Bertz CT molecular complexity index is 461. The number of aromatic nitrogens is 2. The van der Waals surface area contributed by atoms with Gasteiger partial charge in [0.15, 0.2) is 0 Å². The first kappa shape index (κ1) is 10.4. The van der Waals surface area contributed by atoms with Gasteiger partial charge in [0.2, 0.25) is 0 Å². The van der Waals surface area contributed by atoms with Gasteiger partial charge in [-0.05, 0) is 34.5 Å². The van der Waals surface area contributed by atoms with Gasteiger partial charge in [0.05, 0.1) is 23.8 Å². The molecule has 2 rings (SSSR count). The highest BCUT2D eigenvalue weighted by Crippen LogP contribution is 2.15. The van der Waals surface area contributed by atoms with Crippen molar-refractivity contribution in [3.63, 3.8) is 0 Å². The smallest absolute Gasteiger partial charge is 0.126 e. The van der Waals surface area contributed by atoms with Crippen LogP contribution in [0.25, 0.3) is 0 Å². The summed E-state index contributed by atoms with van der Waals surface area (Å²) in [5.74, 6) is 1.72. The quantitative estimate of drug-likeness (QED) is 0.928. The predicted molar refractivity (Wildman–Crippen MR) is 60.4 cm³/mol. The number of nitrogens with zero attached hydrogens (tertiary/aromatic N) is 2. The van der Waals surface area contributed by atoms with Gasteiger partial charge in [-0.2, -0.15) is 5.10 Å². The van der Waals surface area contributed by atoms with Gasteiger partial charge < -0.3 is 10.2 Å². The SMILES string of the molecule is Cc1cc(Cn2cc(Br)cn2)oc1CN. The van der Waals surface area contributed by atoms with Crippen molar-refractivity contribution in [3.05, 3.63) is 40.0 Å². The topological polar surface area (TPSA) is 57.0 Å². The lowest BCUT2D eigenvalue weighted by Crippen LogP contribution is -1.98. The van der Waals surface area contributed by atoms with E-state index in [0.29, 0.717) is 13.1 Å². The summed E-state index contributed by atoms with van der Waals surface area (Å²) in [6.07, 6.45) is 3.65. The van der Waals surface area contributed by atoms with Crippen LogP contribution in [0.15, 0.2) is 27.3 Å². The molecule has 0 saturated carbocycles. The molecule has 4 nitrogen and oxygen atoms in total. The first-order valence-electron chi connectivity index (χ1n) is 4.65. The molecule has 0 spiro atoms. The molecule has 15 heavy (non-hydrogen) atoms. The van der Waals surface area contributed by atoms with Crippen molar-refractivity contribution in [1.82, 2.24) is 9.78 Å². The van der Waals surface area contributed by atoms with Crippen LogP contribution < -0.4 is 5.73 Å². The van der Waals surface area contributed by atoms with Crippen molar-refractivity contribution in [1.29, 1.82) is 0 Å². The standard InChI is InChI=1S/C10H12BrN3O/c1-7-2-9(15-10(7)3-12)6-14-5-8(11)4-13-14/h2,4-5H,3,6,12H2,1H3. The Kier molecular flexibility index (Phi) is 2.93. The molecular weight excluding hydrogens is 258 g/mol. The van der Waals surface area contributed by atoms with E-state index in [4.69, 9.17) is 10.2 Å². The van der Waals surface area contributed by atoms with E-state index in [1.165, 1.54) is 0 Å². The van der Waals surface area contributed by atoms with Crippen LogP contribution in [0.5, 0.6) is 0 Å². The largest absolute Gasteiger partial charge is 0.462 e. The van der Waals surface area contributed by atoms with Gasteiger partial charge >= 0.3 is 0 Å². The highest BCUT2D eigenvalue weighted by molar-refractivity contribution is 9.10. The Hall–Kier alpha value is -1.07. The minimum atomic E-state index is 0.439. The molecule has 0 atom stereocenters. The number of hydrogen-bond acceptors (Lipinski definition) is 3. The molecule has 2 N–H and O–H groups in total. The zero-order valence-corrected chi connectivity index (χ0v) is 9.99. The zero-order valence-electron chi connectivity index (χ0n) is 8.40. The molecule has 0 amide bonds. The fraction of sp³-hybridized carbons (Fsp3) is 0.300. The molecule has 5 heteroatoms. The second-order valence-corrected chi connectivity index (χ2v) is 4.29. The van der Waals surface area contributed by atoms with E-state index >= 15 is 0 Å². The molecule has 0 aromatic carbocycles. The molecule has 2 aromatic rings. The summed E-state index contributed by atoms with van der Waals surface area (Å²) in [5, 5.41) is 4.15. The van der Waals surface area contributed by atoms with Gasteiger partial charge in [0, 0.05) is 6.20 Å². The number of nitrogens with two attached hydrogens (primary N) is 1. The van der Waals surface area contributed by atoms with E-state index in [9.17, 15) is 0 Å². The maximum atomic E-state index is 5.58. The fourth-order valence-corrected chi connectivity index (χ4v) is 1.78. The van der Waals surface area contributed by atoms with Crippen molar-refractivity contribution in [2.45, 2.75) is 20.0 Å². The Balaban J connectivity index is 2.17. The van der Waals surface area contributed by atoms with Gasteiger partial charge in [-0.15, -0.1) is 0 Å². The third-order valence-electron chi connectivity index (χ3n) is 2.18. The van der Waals surface area contributed by atoms with Gasteiger partial charge in [-0.1, -0.05) is 0 Å². The molecule has 80 valence electrons. The van der Waals surface area contributed by atoms with Gasteiger partial charge in [0.1, 0.15) is 11.5 Å². The molecule has 2 heterocycles. The summed E-state index contributed by atoms with van der Waals surface area (Å²) in [6.45, 7) is 3.06. The Labute approximate surface area is 96.2 Å². The van der Waals surface area contributed by atoms with E-state index in [0.717, 1.165) is 21.6 Å². The molecule has 0 aliphatic carbocycles. The molecule has 0 aliphatic heterocycles. The van der Waals surface area contributed by atoms with E-state index in [-0.39, 0.29) is 0 Å². The number of furan rings is 1. The average Bonchev–Trinajstić information content (AvgIpc) is 2.73. The molecule has 0 fully saturated rings. The zero-order chi connectivity index (χ0) is 10.8. The summed E-state index contributed by atoms with van der Waals surface area (Å²) in [7, 11) is 0.